The number of aryl methyl sites for hydroxylation is 2. The highest BCUT2D eigenvalue weighted by molar-refractivity contribution is 7.17. The number of rotatable bonds is 2. The van der Waals surface area contributed by atoms with Crippen LogP contribution in [0.1, 0.15) is 20.8 Å². The van der Waals surface area contributed by atoms with Crippen molar-refractivity contribution in [2.75, 3.05) is 0 Å². The van der Waals surface area contributed by atoms with E-state index >= 15 is 0 Å². The van der Waals surface area contributed by atoms with Crippen LogP contribution in [0.4, 0.5) is 0 Å². The molecule has 0 radical (unpaired) electrons. The van der Waals surface area contributed by atoms with Crippen molar-refractivity contribution in [2.24, 2.45) is 0 Å². The fourth-order valence-corrected chi connectivity index (χ4v) is 2.29. The molecule has 1 heterocycles. The first-order valence-electron chi connectivity index (χ1n) is 4.83. The van der Waals surface area contributed by atoms with Crippen LogP contribution in [0.3, 0.4) is 0 Å². The lowest BCUT2D eigenvalue weighted by molar-refractivity contribution is 0.112. The average Bonchev–Trinajstić information content (AvgIpc) is 2.70. The summed E-state index contributed by atoms with van der Waals surface area (Å²) < 4.78 is 0. The van der Waals surface area contributed by atoms with Crippen molar-refractivity contribution in [1.29, 1.82) is 0 Å². The zero-order valence-electron chi connectivity index (χ0n) is 8.78. The van der Waals surface area contributed by atoms with Crippen LogP contribution in [-0.2, 0) is 0 Å². The summed E-state index contributed by atoms with van der Waals surface area (Å²) in [6.07, 6.45) is 0.898. The fraction of sp³-hybridized carbons (Fsp3) is 0.154. The van der Waals surface area contributed by atoms with Gasteiger partial charge in [-0.1, -0.05) is 18.2 Å². The third-order valence-corrected chi connectivity index (χ3v) is 3.59. The van der Waals surface area contributed by atoms with Crippen LogP contribution in [0, 0.1) is 13.8 Å². The fourth-order valence-electron chi connectivity index (χ4n) is 1.47. The molecule has 0 unspecified atom stereocenters. The van der Waals surface area contributed by atoms with Gasteiger partial charge >= 0.3 is 0 Å². The SMILES string of the molecule is Cc1ccc(-c2ccc(C=O)s2)cc1C. The van der Waals surface area contributed by atoms with Crippen LogP contribution in [0.5, 0.6) is 0 Å². The smallest absolute Gasteiger partial charge is 0.160 e. The second kappa shape index (κ2) is 3.99. The number of hydrogen-bond acceptors (Lipinski definition) is 2. The summed E-state index contributed by atoms with van der Waals surface area (Å²) in [7, 11) is 0. The molecular formula is C13H12OS. The molecule has 0 saturated carbocycles. The lowest BCUT2D eigenvalue weighted by Gasteiger charge is -2.02. The molecular weight excluding hydrogens is 204 g/mol. The Morgan fingerprint density at radius 3 is 2.47 bits per heavy atom. The molecule has 1 aromatic carbocycles. The monoisotopic (exact) mass is 216 g/mol. The third-order valence-electron chi connectivity index (χ3n) is 2.53. The Balaban J connectivity index is 2.44. The molecule has 1 aromatic heterocycles. The maximum Gasteiger partial charge on any atom is 0.160 e. The molecule has 0 aliphatic rings. The van der Waals surface area contributed by atoms with Crippen molar-refractivity contribution in [3.63, 3.8) is 0 Å². The number of aldehydes is 1. The minimum absolute atomic E-state index is 0.781. The largest absolute Gasteiger partial charge is 0.297 e. The molecule has 15 heavy (non-hydrogen) atoms. The van der Waals surface area contributed by atoms with Crippen LogP contribution >= 0.6 is 11.3 Å². The third kappa shape index (κ3) is 2.00. The molecule has 0 bridgehead atoms. The highest BCUT2D eigenvalue weighted by atomic mass is 32.1. The minimum Gasteiger partial charge on any atom is -0.297 e. The Kier molecular flexibility index (Phi) is 2.69. The predicted octanol–water partition coefficient (Wildman–Crippen LogP) is 3.84. The van der Waals surface area contributed by atoms with Gasteiger partial charge < -0.3 is 0 Å². The van der Waals surface area contributed by atoms with Crippen molar-refractivity contribution >= 4 is 17.6 Å². The van der Waals surface area contributed by atoms with Crippen molar-refractivity contribution in [3.8, 4) is 10.4 Å². The van der Waals surface area contributed by atoms with Gasteiger partial charge in [0.1, 0.15) is 0 Å². The van der Waals surface area contributed by atoms with Gasteiger partial charge in [0.2, 0.25) is 0 Å². The molecule has 0 amide bonds. The normalized spacial score (nSPS) is 10.3. The van der Waals surface area contributed by atoms with E-state index in [1.807, 2.05) is 12.1 Å². The Morgan fingerprint density at radius 1 is 1.07 bits per heavy atom. The first-order valence-corrected chi connectivity index (χ1v) is 5.65. The van der Waals surface area contributed by atoms with Crippen molar-refractivity contribution in [3.05, 3.63) is 46.3 Å². The van der Waals surface area contributed by atoms with Gasteiger partial charge in [0.05, 0.1) is 4.88 Å². The molecule has 2 rings (SSSR count). The van der Waals surface area contributed by atoms with Gasteiger partial charge in [-0.3, -0.25) is 4.79 Å². The summed E-state index contributed by atoms with van der Waals surface area (Å²) >= 11 is 1.53. The van der Waals surface area contributed by atoms with Crippen LogP contribution in [0.15, 0.2) is 30.3 Å². The van der Waals surface area contributed by atoms with E-state index in [-0.39, 0.29) is 0 Å². The van der Waals surface area contributed by atoms with Gasteiger partial charge in [0.15, 0.2) is 6.29 Å². The lowest BCUT2D eigenvalue weighted by Crippen LogP contribution is -1.80. The molecule has 2 aromatic rings. The van der Waals surface area contributed by atoms with E-state index in [0.717, 1.165) is 16.0 Å². The Morgan fingerprint density at radius 2 is 1.87 bits per heavy atom. The van der Waals surface area contributed by atoms with Crippen LogP contribution in [0.2, 0.25) is 0 Å². The standard InChI is InChI=1S/C13H12OS/c1-9-3-4-11(7-10(9)2)13-6-5-12(8-14)15-13/h3-8H,1-2H3. The van der Waals surface area contributed by atoms with Crippen LogP contribution in [0.25, 0.3) is 10.4 Å². The summed E-state index contributed by atoms with van der Waals surface area (Å²) in [5.41, 5.74) is 3.77. The van der Waals surface area contributed by atoms with E-state index in [1.165, 1.54) is 28.0 Å². The quantitative estimate of drug-likeness (QED) is 0.697. The maximum absolute atomic E-state index is 10.6. The average molecular weight is 216 g/mol. The van der Waals surface area contributed by atoms with E-state index in [1.54, 1.807) is 0 Å². The summed E-state index contributed by atoms with van der Waals surface area (Å²) in [4.78, 5) is 12.5. The maximum atomic E-state index is 10.6. The molecule has 76 valence electrons. The van der Waals surface area contributed by atoms with Crippen molar-refractivity contribution in [2.45, 2.75) is 13.8 Å². The van der Waals surface area contributed by atoms with Gasteiger partial charge in [-0.15, -0.1) is 11.3 Å². The number of carbonyl (C=O) groups excluding carboxylic acids is 1. The number of carbonyl (C=O) groups is 1. The molecule has 0 saturated heterocycles. The Bertz CT molecular complexity index is 497. The molecule has 0 aliphatic heterocycles. The van der Waals surface area contributed by atoms with Gasteiger partial charge in [0, 0.05) is 4.88 Å². The number of thiophene rings is 1. The van der Waals surface area contributed by atoms with E-state index in [4.69, 9.17) is 0 Å². The van der Waals surface area contributed by atoms with Crippen LogP contribution in [-0.4, -0.2) is 6.29 Å². The zero-order valence-corrected chi connectivity index (χ0v) is 9.60. The topological polar surface area (TPSA) is 17.1 Å². The predicted molar refractivity (Wildman–Crippen MR) is 64.6 cm³/mol. The van der Waals surface area contributed by atoms with Gasteiger partial charge in [-0.2, -0.15) is 0 Å². The second-order valence-corrected chi connectivity index (χ2v) is 4.73. The molecule has 2 heteroatoms. The van der Waals surface area contributed by atoms with E-state index in [0.29, 0.717) is 0 Å². The zero-order chi connectivity index (χ0) is 10.8. The molecule has 0 atom stereocenters. The molecule has 1 nitrogen and oxygen atoms in total. The molecule has 0 fully saturated rings. The van der Waals surface area contributed by atoms with E-state index in [9.17, 15) is 4.79 Å². The summed E-state index contributed by atoms with van der Waals surface area (Å²) in [5, 5.41) is 0. The Hall–Kier alpha value is -1.41. The number of benzene rings is 1. The Labute approximate surface area is 93.4 Å². The first-order chi connectivity index (χ1) is 7.20. The molecule has 0 spiro atoms. The summed E-state index contributed by atoms with van der Waals surface area (Å²) in [6.45, 7) is 4.21. The van der Waals surface area contributed by atoms with Crippen molar-refractivity contribution < 1.29 is 4.79 Å². The van der Waals surface area contributed by atoms with Gasteiger partial charge in [0.25, 0.3) is 0 Å². The van der Waals surface area contributed by atoms with Gasteiger partial charge in [-0.05, 0) is 42.7 Å². The summed E-state index contributed by atoms with van der Waals surface area (Å²) in [5.74, 6) is 0. The highest BCUT2D eigenvalue weighted by Crippen LogP contribution is 2.28. The van der Waals surface area contributed by atoms with Crippen LogP contribution < -0.4 is 0 Å². The lowest BCUT2D eigenvalue weighted by atomic mass is 10.1. The van der Waals surface area contributed by atoms with E-state index in [2.05, 4.69) is 32.0 Å². The summed E-state index contributed by atoms with van der Waals surface area (Å²) in [6, 6.07) is 10.2. The van der Waals surface area contributed by atoms with Gasteiger partial charge in [-0.25, -0.2) is 0 Å². The van der Waals surface area contributed by atoms with Crippen molar-refractivity contribution in [1.82, 2.24) is 0 Å². The highest BCUT2D eigenvalue weighted by Gasteiger charge is 2.03. The molecule has 0 N–H and O–H groups in total. The molecule has 0 aliphatic carbocycles. The second-order valence-electron chi connectivity index (χ2n) is 3.62. The van der Waals surface area contributed by atoms with E-state index < -0.39 is 0 Å². The first kappa shape index (κ1) is 10.1. The minimum atomic E-state index is 0.781. The number of hydrogen-bond donors (Lipinski definition) is 0.